The zero-order valence-corrected chi connectivity index (χ0v) is 11.6. The average molecular weight is 269 g/mol. The maximum Gasteiger partial charge on any atom is 0.241 e. The van der Waals surface area contributed by atoms with Crippen molar-refractivity contribution in [3.8, 4) is 5.75 Å². The monoisotopic (exact) mass is 269 g/mol. The Hall–Kier alpha value is -1.07. The molecular weight excluding hydrogens is 250 g/mol. The van der Waals surface area contributed by atoms with Crippen LogP contribution in [0.3, 0.4) is 0 Å². The number of hydrogen-bond acceptors (Lipinski definition) is 3. The van der Waals surface area contributed by atoms with Gasteiger partial charge in [0.25, 0.3) is 0 Å². The average Bonchev–Trinajstić information content (AvgIpc) is 2.16. The van der Waals surface area contributed by atoms with Gasteiger partial charge in [0.1, 0.15) is 10.6 Å². The van der Waals surface area contributed by atoms with E-state index >= 15 is 0 Å². The van der Waals surface area contributed by atoms with Gasteiger partial charge in [-0.05, 0) is 49.8 Å². The molecule has 0 saturated heterocycles. The van der Waals surface area contributed by atoms with Gasteiger partial charge in [-0.25, -0.2) is 13.6 Å². The largest absolute Gasteiger partial charge is 0.492 e. The molecule has 0 spiro atoms. The number of primary sulfonamides is 1. The lowest BCUT2D eigenvalue weighted by molar-refractivity contribution is 0.176. The second-order valence-electron chi connectivity index (χ2n) is 5.06. The molecular formula is C13H19NO3S. The van der Waals surface area contributed by atoms with E-state index in [0.29, 0.717) is 18.3 Å². The molecule has 0 atom stereocenters. The van der Waals surface area contributed by atoms with Gasteiger partial charge in [-0.3, -0.25) is 0 Å². The van der Waals surface area contributed by atoms with E-state index in [4.69, 9.17) is 9.88 Å². The molecule has 0 amide bonds. The highest BCUT2D eigenvalue weighted by Gasteiger charge is 2.22. The molecule has 0 heterocycles. The molecule has 1 fully saturated rings. The summed E-state index contributed by atoms with van der Waals surface area (Å²) in [5.41, 5.74) is 1.69. The van der Waals surface area contributed by atoms with E-state index in [9.17, 15) is 8.42 Å². The topological polar surface area (TPSA) is 69.4 Å². The maximum absolute atomic E-state index is 11.6. The lowest BCUT2D eigenvalue weighted by atomic mass is 9.86. The van der Waals surface area contributed by atoms with Crippen LogP contribution < -0.4 is 9.88 Å². The van der Waals surface area contributed by atoms with Crippen molar-refractivity contribution >= 4 is 10.0 Å². The van der Waals surface area contributed by atoms with E-state index in [-0.39, 0.29) is 4.90 Å². The van der Waals surface area contributed by atoms with E-state index < -0.39 is 10.0 Å². The summed E-state index contributed by atoms with van der Waals surface area (Å²) >= 11 is 0. The third kappa shape index (κ3) is 2.84. The Morgan fingerprint density at radius 2 is 2.00 bits per heavy atom. The Labute approximate surface area is 108 Å². The van der Waals surface area contributed by atoms with E-state index in [2.05, 4.69) is 0 Å². The predicted octanol–water partition coefficient (Wildman–Crippen LogP) is 2.13. The zero-order chi connectivity index (χ0) is 13.3. The van der Waals surface area contributed by atoms with Gasteiger partial charge in [-0.1, -0.05) is 12.5 Å². The van der Waals surface area contributed by atoms with Crippen LogP contribution in [0.1, 0.15) is 30.4 Å². The first-order chi connectivity index (χ1) is 8.38. The van der Waals surface area contributed by atoms with Crippen molar-refractivity contribution < 1.29 is 13.2 Å². The molecule has 1 aliphatic rings. The molecule has 4 nitrogen and oxygen atoms in total. The highest BCUT2D eigenvalue weighted by atomic mass is 32.2. The molecule has 0 unspecified atom stereocenters. The van der Waals surface area contributed by atoms with Gasteiger partial charge in [0.05, 0.1) is 6.61 Å². The summed E-state index contributed by atoms with van der Waals surface area (Å²) in [6.07, 6.45) is 3.56. The highest BCUT2D eigenvalue weighted by molar-refractivity contribution is 7.89. The van der Waals surface area contributed by atoms with Crippen LogP contribution in [0.15, 0.2) is 17.0 Å². The Bertz CT molecular complexity index is 548. The number of ether oxygens (including phenoxy) is 1. The normalized spacial score (nSPS) is 16.4. The van der Waals surface area contributed by atoms with Crippen LogP contribution in [-0.4, -0.2) is 15.0 Å². The molecule has 0 bridgehead atoms. The van der Waals surface area contributed by atoms with E-state index in [0.717, 1.165) is 24.0 Å². The van der Waals surface area contributed by atoms with E-state index in [1.807, 2.05) is 19.9 Å². The zero-order valence-electron chi connectivity index (χ0n) is 10.8. The summed E-state index contributed by atoms with van der Waals surface area (Å²) < 4.78 is 28.9. The second kappa shape index (κ2) is 4.90. The number of hydrogen-bond donors (Lipinski definition) is 1. The molecule has 1 aromatic carbocycles. The van der Waals surface area contributed by atoms with Crippen LogP contribution >= 0.6 is 0 Å². The summed E-state index contributed by atoms with van der Waals surface area (Å²) in [5.74, 6) is 0.967. The molecule has 0 radical (unpaired) electrons. The Morgan fingerprint density at radius 3 is 2.50 bits per heavy atom. The molecule has 2 rings (SSSR count). The molecule has 1 saturated carbocycles. The van der Waals surface area contributed by atoms with Gasteiger partial charge in [0.2, 0.25) is 10.0 Å². The summed E-state index contributed by atoms with van der Waals surface area (Å²) in [7, 11) is -3.74. The Morgan fingerprint density at radius 1 is 1.33 bits per heavy atom. The highest BCUT2D eigenvalue weighted by Crippen LogP contribution is 2.32. The van der Waals surface area contributed by atoms with Crippen molar-refractivity contribution in [2.24, 2.45) is 11.1 Å². The van der Waals surface area contributed by atoms with Gasteiger partial charge in [0.15, 0.2) is 0 Å². The van der Waals surface area contributed by atoms with Crippen molar-refractivity contribution in [1.29, 1.82) is 0 Å². The van der Waals surface area contributed by atoms with Crippen LogP contribution in [0, 0.1) is 19.8 Å². The van der Waals surface area contributed by atoms with Crippen molar-refractivity contribution in [3.05, 3.63) is 23.3 Å². The minimum Gasteiger partial charge on any atom is -0.492 e. The van der Waals surface area contributed by atoms with E-state index in [1.54, 1.807) is 6.07 Å². The fraction of sp³-hybridized carbons (Fsp3) is 0.538. The van der Waals surface area contributed by atoms with Crippen molar-refractivity contribution in [1.82, 2.24) is 0 Å². The predicted molar refractivity (Wildman–Crippen MR) is 70.1 cm³/mol. The quantitative estimate of drug-likeness (QED) is 0.910. The number of benzene rings is 1. The van der Waals surface area contributed by atoms with Crippen LogP contribution in [0.5, 0.6) is 5.75 Å². The Kier molecular flexibility index (Phi) is 3.64. The molecule has 0 aromatic heterocycles. The summed E-state index contributed by atoms with van der Waals surface area (Å²) in [6.45, 7) is 4.27. The number of nitrogens with two attached hydrogens (primary N) is 1. The molecule has 1 aromatic rings. The SMILES string of the molecule is Cc1cc(C)c(OCC2CCC2)c(S(N)(=O)=O)c1. The minimum absolute atomic E-state index is 0.0966. The van der Waals surface area contributed by atoms with Crippen molar-refractivity contribution in [2.75, 3.05) is 6.61 Å². The lowest BCUT2D eigenvalue weighted by Crippen LogP contribution is -2.21. The molecule has 2 N–H and O–H groups in total. The number of aryl methyl sites for hydroxylation is 2. The van der Waals surface area contributed by atoms with Crippen molar-refractivity contribution in [3.63, 3.8) is 0 Å². The first kappa shape index (κ1) is 13.4. The molecule has 100 valence electrons. The van der Waals surface area contributed by atoms with Crippen LogP contribution in [-0.2, 0) is 10.0 Å². The van der Waals surface area contributed by atoms with Crippen LogP contribution in [0.2, 0.25) is 0 Å². The number of sulfonamides is 1. The van der Waals surface area contributed by atoms with Crippen LogP contribution in [0.4, 0.5) is 0 Å². The fourth-order valence-corrected chi connectivity index (χ4v) is 3.00. The number of rotatable bonds is 4. The van der Waals surface area contributed by atoms with Gasteiger partial charge < -0.3 is 4.74 Å². The van der Waals surface area contributed by atoms with Gasteiger partial charge in [-0.15, -0.1) is 0 Å². The molecule has 1 aliphatic carbocycles. The summed E-state index contributed by atoms with van der Waals surface area (Å²) in [5, 5.41) is 5.24. The summed E-state index contributed by atoms with van der Waals surface area (Å²) in [4.78, 5) is 0.0966. The van der Waals surface area contributed by atoms with Gasteiger partial charge in [0, 0.05) is 0 Å². The first-order valence-corrected chi connectivity index (χ1v) is 7.69. The van der Waals surface area contributed by atoms with Crippen LogP contribution in [0.25, 0.3) is 0 Å². The van der Waals surface area contributed by atoms with Gasteiger partial charge >= 0.3 is 0 Å². The minimum atomic E-state index is -3.74. The third-order valence-corrected chi connectivity index (χ3v) is 4.30. The fourth-order valence-electron chi connectivity index (χ4n) is 2.17. The molecule has 0 aliphatic heterocycles. The maximum atomic E-state index is 11.6. The Balaban J connectivity index is 2.31. The molecule has 5 heteroatoms. The summed E-state index contributed by atoms with van der Waals surface area (Å²) in [6, 6.07) is 3.48. The van der Waals surface area contributed by atoms with Gasteiger partial charge in [-0.2, -0.15) is 0 Å². The molecule has 18 heavy (non-hydrogen) atoms. The van der Waals surface area contributed by atoms with E-state index in [1.165, 1.54) is 6.42 Å². The first-order valence-electron chi connectivity index (χ1n) is 6.15. The lowest BCUT2D eigenvalue weighted by Gasteiger charge is -2.26. The standard InChI is InChI=1S/C13H19NO3S/c1-9-6-10(2)13(12(7-9)18(14,15)16)17-8-11-4-3-5-11/h6-7,11H,3-5,8H2,1-2H3,(H2,14,15,16). The van der Waals surface area contributed by atoms with Crippen molar-refractivity contribution in [2.45, 2.75) is 38.0 Å². The third-order valence-electron chi connectivity index (χ3n) is 3.38. The smallest absolute Gasteiger partial charge is 0.241 e. The second-order valence-corrected chi connectivity index (χ2v) is 6.59.